The Balaban J connectivity index is 1.02. The molecule has 41 heavy (non-hydrogen) atoms. The summed E-state index contributed by atoms with van der Waals surface area (Å²) in [5.74, 6) is 0.185. The Morgan fingerprint density at radius 2 is 1.68 bits per heavy atom. The summed E-state index contributed by atoms with van der Waals surface area (Å²) in [5.41, 5.74) is 5.05. The molecule has 2 amide bonds. The summed E-state index contributed by atoms with van der Waals surface area (Å²) in [6, 6.07) is 19.2. The molecule has 0 aliphatic carbocycles. The Morgan fingerprint density at radius 3 is 2.46 bits per heavy atom. The predicted octanol–water partition coefficient (Wildman–Crippen LogP) is 3.91. The number of aliphatic hydroxyl groups is 1. The molecule has 212 valence electrons. The third kappa shape index (κ3) is 8.00. The van der Waals surface area contributed by atoms with Gasteiger partial charge in [-0.1, -0.05) is 59.9 Å². The van der Waals surface area contributed by atoms with Crippen molar-refractivity contribution in [2.75, 3.05) is 10.6 Å². The fourth-order valence-electron chi connectivity index (χ4n) is 4.80. The summed E-state index contributed by atoms with van der Waals surface area (Å²) in [5, 5.41) is 33.7. The van der Waals surface area contributed by atoms with Gasteiger partial charge < -0.3 is 15.7 Å². The second-order valence-corrected chi connectivity index (χ2v) is 11.2. The molecule has 0 fully saturated rings. The van der Waals surface area contributed by atoms with Crippen LogP contribution in [-0.4, -0.2) is 48.4 Å². The van der Waals surface area contributed by atoms with Crippen molar-refractivity contribution in [1.29, 1.82) is 0 Å². The lowest BCUT2D eigenvalue weighted by atomic mass is 10.0. The molecule has 11 heteroatoms. The molecule has 0 saturated heterocycles. The standard InChI is InChI=1S/C30H33N7O3S/c1-20(38)37-18-23-11-7-10-22(25(23)19-37)17-28(40)32-30-36-35-29(41-30)13-6-5-12-24-14-15-26(34-33-24)31-27(39)16-21-8-3-2-4-9-21/h2-4,7-11,14-15,20,38H,5-6,12-13,16-19H2,1H3,(H,31,34,39)(H,32,36,40). The van der Waals surface area contributed by atoms with Gasteiger partial charge in [-0.2, -0.15) is 5.10 Å². The quantitative estimate of drug-likeness (QED) is 0.218. The van der Waals surface area contributed by atoms with Crippen molar-refractivity contribution in [3.05, 3.63) is 93.6 Å². The van der Waals surface area contributed by atoms with E-state index in [0.29, 0.717) is 30.5 Å². The topological polar surface area (TPSA) is 133 Å². The number of aliphatic hydroxyl groups excluding tert-OH is 1. The molecule has 0 saturated carbocycles. The molecule has 3 heterocycles. The van der Waals surface area contributed by atoms with Crippen molar-refractivity contribution in [2.45, 2.75) is 64.8 Å². The van der Waals surface area contributed by atoms with Gasteiger partial charge in [-0.05, 0) is 60.6 Å². The number of carbonyl (C=O) groups is 2. The zero-order chi connectivity index (χ0) is 28.6. The van der Waals surface area contributed by atoms with Gasteiger partial charge in [0.25, 0.3) is 0 Å². The number of benzene rings is 2. The molecule has 1 aliphatic heterocycles. The Labute approximate surface area is 242 Å². The number of unbranched alkanes of at least 4 members (excludes halogenated alkanes) is 1. The maximum atomic E-state index is 12.7. The van der Waals surface area contributed by atoms with Crippen molar-refractivity contribution >= 4 is 34.1 Å². The van der Waals surface area contributed by atoms with Gasteiger partial charge in [-0.25, -0.2) is 0 Å². The number of fused-ring (bicyclic) bond motifs is 1. The molecule has 4 aromatic rings. The first-order valence-electron chi connectivity index (χ1n) is 13.7. The van der Waals surface area contributed by atoms with Crippen LogP contribution >= 0.6 is 11.3 Å². The van der Waals surface area contributed by atoms with E-state index in [4.69, 9.17) is 0 Å². The SMILES string of the molecule is CC(O)N1Cc2cccc(CC(=O)Nc3nnc(CCCCc4ccc(NC(=O)Cc5ccccc5)nn4)s3)c2C1. The van der Waals surface area contributed by atoms with E-state index in [1.54, 1.807) is 13.0 Å². The Kier molecular flexibility index (Phi) is 9.40. The van der Waals surface area contributed by atoms with Crippen LogP contribution in [-0.2, 0) is 48.4 Å². The van der Waals surface area contributed by atoms with Crippen molar-refractivity contribution < 1.29 is 14.7 Å². The first-order valence-corrected chi connectivity index (χ1v) is 14.5. The zero-order valence-corrected chi connectivity index (χ0v) is 23.7. The van der Waals surface area contributed by atoms with Crippen LogP contribution in [0.3, 0.4) is 0 Å². The van der Waals surface area contributed by atoms with Crippen LogP contribution in [0.25, 0.3) is 0 Å². The van der Waals surface area contributed by atoms with Crippen LogP contribution in [0, 0.1) is 0 Å². The number of anilines is 2. The molecular weight excluding hydrogens is 538 g/mol. The first kappa shape index (κ1) is 28.5. The fourth-order valence-corrected chi connectivity index (χ4v) is 5.60. The third-order valence-corrected chi connectivity index (χ3v) is 7.86. The highest BCUT2D eigenvalue weighted by atomic mass is 32.1. The molecule has 0 bridgehead atoms. The molecule has 1 atom stereocenters. The van der Waals surface area contributed by atoms with Gasteiger partial charge in [0.05, 0.1) is 18.5 Å². The zero-order valence-electron chi connectivity index (χ0n) is 22.9. The fraction of sp³-hybridized carbons (Fsp3) is 0.333. The highest BCUT2D eigenvalue weighted by Crippen LogP contribution is 2.28. The Hall–Kier alpha value is -4.06. The molecule has 3 N–H and O–H groups in total. The van der Waals surface area contributed by atoms with Gasteiger partial charge in [0.1, 0.15) is 11.2 Å². The molecular formula is C30H33N7O3S. The molecule has 5 rings (SSSR count). The predicted molar refractivity (Wildman–Crippen MR) is 157 cm³/mol. The van der Waals surface area contributed by atoms with Crippen LogP contribution in [0.5, 0.6) is 0 Å². The number of amides is 2. The van der Waals surface area contributed by atoms with Gasteiger partial charge in [-0.3, -0.25) is 14.5 Å². The second kappa shape index (κ2) is 13.5. The highest BCUT2D eigenvalue weighted by molar-refractivity contribution is 7.15. The molecule has 2 aromatic carbocycles. The Morgan fingerprint density at radius 1 is 0.878 bits per heavy atom. The molecule has 1 unspecified atom stereocenters. The number of carbonyl (C=O) groups excluding carboxylic acids is 2. The minimum Gasteiger partial charge on any atom is -0.379 e. The van der Waals surface area contributed by atoms with E-state index in [2.05, 4.69) is 31.0 Å². The largest absolute Gasteiger partial charge is 0.379 e. The summed E-state index contributed by atoms with van der Waals surface area (Å²) >= 11 is 1.39. The summed E-state index contributed by atoms with van der Waals surface area (Å²) in [6.45, 7) is 3.08. The van der Waals surface area contributed by atoms with Gasteiger partial charge in [-0.15, -0.1) is 15.3 Å². The average molecular weight is 572 g/mol. The van der Waals surface area contributed by atoms with Crippen LogP contribution in [0.1, 0.15) is 52.7 Å². The average Bonchev–Trinajstić information content (AvgIpc) is 3.60. The summed E-state index contributed by atoms with van der Waals surface area (Å²) in [4.78, 5) is 26.9. The van der Waals surface area contributed by atoms with Crippen molar-refractivity contribution in [3.8, 4) is 0 Å². The number of aryl methyl sites for hydroxylation is 2. The maximum Gasteiger partial charge on any atom is 0.230 e. The van der Waals surface area contributed by atoms with Crippen LogP contribution in [0.2, 0.25) is 0 Å². The number of hydrogen-bond acceptors (Lipinski definition) is 9. The van der Waals surface area contributed by atoms with E-state index in [1.807, 2.05) is 59.5 Å². The monoisotopic (exact) mass is 571 g/mol. The molecule has 2 aromatic heterocycles. The smallest absolute Gasteiger partial charge is 0.230 e. The lowest BCUT2D eigenvalue weighted by molar-refractivity contribution is -0.116. The van der Waals surface area contributed by atoms with E-state index in [9.17, 15) is 14.7 Å². The normalized spacial score (nSPS) is 13.5. The van der Waals surface area contributed by atoms with Gasteiger partial charge in [0, 0.05) is 19.5 Å². The molecule has 0 spiro atoms. The summed E-state index contributed by atoms with van der Waals surface area (Å²) < 4.78 is 0. The van der Waals surface area contributed by atoms with E-state index >= 15 is 0 Å². The van der Waals surface area contributed by atoms with E-state index in [1.165, 1.54) is 11.3 Å². The van der Waals surface area contributed by atoms with Crippen LogP contribution in [0.15, 0.2) is 60.7 Å². The minimum atomic E-state index is -0.526. The van der Waals surface area contributed by atoms with E-state index < -0.39 is 6.23 Å². The minimum absolute atomic E-state index is 0.126. The van der Waals surface area contributed by atoms with Crippen LogP contribution < -0.4 is 10.6 Å². The lowest BCUT2D eigenvalue weighted by Gasteiger charge is -2.17. The molecule has 0 radical (unpaired) electrons. The first-order chi connectivity index (χ1) is 19.9. The second-order valence-electron chi connectivity index (χ2n) is 10.1. The number of rotatable bonds is 12. The van der Waals surface area contributed by atoms with Crippen molar-refractivity contribution in [2.24, 2.45) is 0 Å². The molecule has 1 aliphatic rings. The number of aromatic nitrogens is 4. The van der Waals surface area contributed by atoms with Crippen molar-refractivity contribution in [3.63, 3.8) is 0 Å². The van der Waals surface area contributed by atoms with Gasteiger partial charge >= 0.3 is 0 Å². The van der Waals surface area contributed by atoms with Crippen molar-refractivity contribution in [1.82, 2.24) is 25.3 Å². The Bertz CT molecular complexity index is 1480. The number of nitrogens with zero attached hydrogens (tertiary/aromatic N) is 5. The summed E-state index contributed by atoms with van der Waals surface area (Å²) in [6.07, 6.45) is 3.34. The maximum absolute atomic E-state index is 12.7. The van der Waals surface area contributed by atoms with Gasteiger partial charge in [0.15, 0.2) is 5.82 Å². The lowest BCUT2D eigenvalue weighted by Crippen LogP contribution is -2.27. The number of nitrogens with one attached hydrogen (secondary N) is 2. The third-order valence-electron chi connectivity index (χ3n) is 6.97. The highest BCUT2D eigenvalue weighted by Gasteiger charge is 2.24. The van der Waals surface area contributed by atoms with Crippen LogP contribution in [0.4, 0.5) is 10.9 Å². The molecule has 10 nitrogen and oxygen atoms in total. The summed E-state index contributed by atoms with van der Waals surface area (Å²) in [7, 11) is 0. The number of hydrogen-bond donors (Lipinski definition) is 3. The van der Waals surface area contributed by atoms with E-state index in [-0.39, 0.29) is 18.2 Å². The van der Waals surface area contributed by atoms with E-state index in [0.717, 1.165) is 58.6 Å². The van der Waals surface area contributed by atoms with Gasteiger partial charge in [0.2, 0.25) is 16.9 Å².